The van der Waals surface area contributed by atoms with Crippen LogP contribution in [0.3, 0.4) is 0 Å². The molecular formula is C16H21NO. The van der Waals surface area contributed by atoms with Gasteiger partial charge in [0.2, 0.25) is 5.91 Å². The van der Waals surface area contributed by atoms with E-state index in [4.69, 9.17) is 0 Å². The van der Waals surface area contributed by atoms with Gasteiger partial charge >= 0.3 is 0 Å². The molecule has 0 N–H and O–H groups in total. The summed E-state index contributed by atoms with van der Waals surface area (Å²) in [5.41, 5.74) is 2.30. The molecule has 18 heavy (non-hydrogen) atoms. The Morgan fingerprint density at radius 2 is 2.17 bits per heavy atom. The van der Waals surface area contributed by atoms with Crippen LogP contribution in [0, 0.1) is 12.8 Å². The van der Waals surface area contributed by atoms with E-state index in [0.717, 1.165) is 18.5 Å². The first-order valence-electron chi connectivity index (χ1n) is 6.63. The normalized spacial score (nSPS) is 23.8. The average molecular weight is 243 g/mol. The van der Waals surface area contributed by atoms with E-state index >= 15 is 0 Å². The van der Waals surface area contributed by atoms with Gasteiger partial charge in [0.15, 0.2) is 0 Å². The van der Waals surface area contributed by atoms with E-state index in [1.807, 2.05) is 23.1 Å². The summed E-state index contributed by atoms with van der Waals surface area (Å²) < 4.78 is 0. The van der Waals surface area contributed by atoms with Crippen molar-refractivity contribution in [2.24, 2.45) is 5.92 Å². The highest BCUT2D eigenvalue weighted by atomic mass is 16.2. The van der Waals surface area contributed by atoms with Crippen LogP contribution in [0.15, 0.2) is 30.3 Å². The molecule has 1 aliphatic heterocycles. The van der Waals surface area contributed by atoms with Gasteiger partial charge in [-0.05, 0) is 37.8 Å². The number of benzene rings is 1. The van der Waals surface area contributed by atoms with E-state index in [1.165, 1.54) is 5.56 Å². The van der Waals surface area contributed by atoms with Crippen LogP contribution in [0.2, 0.25) is 0 Å². The van der Waals surface area contributed by atoms with Crippen molar-refractivity contribution in [1.82, 2.24) is 4.90 Å². The first-order chi connectivity index (χ1) is 8.58. The summed E-state index contributed by atoms with van der Waals surface area (Å²) in [5, 5.41) is 0. The molecule has 1 heterocycles. The molecule has 2 rings (SSSR count). The maximum atomic E-state index is 12.1. The molecule has 1 aliphatic rings. The van der Waals surface area contributed by atoms with Crippen molar-refractivity contribution < 1.29 is 4.79 Å². The van der Waals surface area contributed by atoms with Crippen molar-refractivity contribution in [2.75, 3.05) is 6.54 Å². The van der Waals surface area contributed by atoms with Gasteiger partial charge in [-0.15, -0.1) is 0 Å². The van der Waals surface area contributed by atoms with Crippen LogP contribution in [0.25, 0.3) is 6.08 Å². The van der Waals surface area contributed by atoms with Crippen molar-refractivity contribution in [1.29, 1.82) is 0 Å². The van der Waals surface area contributed by atoms with E-state index in [-0.39, 0.29) is 5.91 Å². The zero-order chi connectivity index (χ0) is 13.1. The molecule has 1 saturated heterocycles. The van der Waals surface area contributed by atoms with Gasteiger partial charge in [-0.25, -0.2) is 0 Å². The maximum absolute atomic E-state index is 12.1. The number of likely N-dealkylation sites (tertiary alicyclic amines) is 1. The third kappa shape index (κ3) is 2.81. The minimum atomic E-state index is 0.133. The molecule has 2 unspecified atom stereocenters. The highest BCUT2D eigenvalue weighted by molar-refractivity contribution is 5.92. The molecule has 0 aromatic heterocycles. The zero-order valence-corrected chi connectivity index (χ0v) is 11.4. The van der Waals surface area contributed by atoms with Crippen LogP contribution < -0.4 is 0 Å². The molecule has 2 atom stereocenters. The van der Waals surface area contributed by atoms with E-state index in [0.29, 0.717) is 12.0 Å². The number of carbonyl (C=O) groups excluding carboxylic acids is 1. The Hall–Kier alpha value is -1.57. The molecule has 1 aromatic rings. The lowest BCUT2D eigenvalue weighted by Crippen LogP contribution is -2.34. The van der Waals surface area contributed by atoms with Crippen molar-refractivity contribution >= 4 is 12.0 Å². The molecule has 1 aromatic carbocycles. The molecule has 0 bridgehead atoms. The lowest BCUT2D eigenvalue weighted by atomic mass is 10.1. The summed E-state index contributed by atoms with van der Waals surface area (Å²) in [6, 6.07) is 8.54. The summed E-state index contributed by atoms with van der Waals surface area (Å²) in [7, 11) is 0. The van der Waals surface area contributed by atoms with Crippen LogP contribution >= 0.6 is 0 Å². The molecule has 96 valence electrons. The number of nitrogens with zero attached hydrogens (tertiary/aromatic N) is 1. The summed E-state index contributed by atoms with van der Waals surface area (Å²) in [5.74, 6) is 0.745. The number of aryl methyl sites for hydroxylation is 1. The summed E-state index contributed by atoms with van der Waals surface area (Å²) in [6.07, 6.45) is 4.72. The van der Waals surface area contributed by atoms with Gasteiger partial charge < -0.3 is 4.90 Å². The van der Waals surface area contributed by atoms with Crippen molar-refractivity contribution in [3.63, 3.8) is 0 Å². The van der Waals surface area contributed by atoms with Crippen molar-refractivity contribution in [2.45, 2.75) is 33.2 Å². The second kappa shape index (κ2) is 5.38. The number of amides is 1. The molecule has 1 amide bonds. The largest absolute Gasteiger partial charge is 0.336 e. The van der Waals surface area contributed by atoms with Gasteiger partial charge in [0.25, 0.3) is 0 Å². The Kier molecular flexibility index (Phi) is 3.85. The van der Waals surface area contributed by atoms with Gasteiger partial charge in [0, 0.05) is 18.7 Å². The van der Waals surface area contributed by atoms with Crippen LogP contribution in [-0.4, -0.2) is 23.4 Å². The second-order valence-electron chi connectivity index (χ2n) is 5.29. The minimum absolute atomic E-state index is 0.133. The van der Waals surface area contributed by atoms with Gasteiger partial charge in [-0.3, -0.25) is 4.79 Å². The SMILES string of the molecule is Cc1cccc(/C=C/C(=O)N2CCC(C)C2C)c1. The third-order valence-electron chi connectivity index (χ3n) is 3.88. The summed E-state index contributed by atoms with van der Waals surface area (Å²) >= 11 is 0. The van der Waals surface area contributed by atoms with Crippen LogP contribution in [-0.2, 0) is 4.79 Å². The fraction of sp³-hybridized carbons (Fsp3) is 0.438. The Bertz CT molecular complexity index is 464. The monoisotopic (exact) mass is 243 g/mol. The van der Waals surface area contributed by atoms with Gasteiger partial charge in [-0.1, -0.05) is 36.8 Å². The van der Waals surface area contributed by atoms with Crippen LogP contribution in [0.4, 0.5) is 0 Å². The predicted molar refractivity (Wildman–Crippen MR) is 75.2 cm³/mol. The Labute approximate surface area is 109 Å². The van der Waals surface area contributed by atoms with E-state index in [1.54, 1.807) is 6.08 Å². The average Bonchev–Trinajstić information content (AvgIpc) is 2.67. The molecule has 0 saturated carbocycles. The number of rotatable bonds is 2. The minimum Gasteiger partial charge on any atom is -0.336 e. The van der Waals surface area contributed by atoms with Gasteiger partial charge in [0.1, 0.15) is 0 Å². The third-order valence-corrected chi connectivity index (χ3v) is 3.88. The molecule has 1 fully saturated rings. The Balaban J connectivity index is 2.03. The lowest BCUT2D eigenvalue weighted by molar-refractivity contribution is -0.126. The molecule has 0 radical (unpaired) electrons. The first kappa shape index (κ1) is 12.9. The van der Waals surface area contributed by atoms with Gasteiger partial charge in [-0.2, -0.15) is 0 Å². The van der Waals surface area contributed by atoms with E-state index in [2.05, 4.69) is 32.9 Å². The smallest absolute Gasteiger partial charge is 0.246 e. The van der Waals surface area contributed by atoms with E-state index < -0.39 is 0 Å². The first-order valence-corrected chi connectivity index (χ1v) is 6.63. The Morgan fingerprint density at radius 1 is 1.39 bits per heavy atom. The predicted octanol–water partition coefficient (Wildman–Crippen LogP) is 3.27. The second-order valence-corrected chi connectivity index (χ2v) is 5.29. The van der Waals surface area contributed by atoms with E-state index in [9.17, 15) is 4.79 Å². The number of hydrogen-bond acceptors (Lipinski definition) is 1. The van der Waals surface area contributed by atoms with Crippen LogP contribution in [0.5, 0.6) is 0 Å². The number of carbonyl (C=O) groups is 1. The zero-order valence-electron chi connectivity index (χ0n) is 11.4. The lowest BCUT2D eigenvalue weighted by Gasteiger charge is -2.21. The topological polar surface area (TPSA) is 20.3 Å². The van der Waals surface area contributed by atoms with Crippen molar-refractivity contribution in [3.05, 3.63) is 41.5 Å². The fourth-order valence-electron chi connectivity index (χ4n) is 2.44. The number of hydrogen-bond donors (Lipinski definition) is 0. The fourth-order valence-corrected chi connectivity index (χ4v) is 2.44. The molecular weight excluding hydrogens is 222 g/mol. The summed E-state index contributed by atoms with van der Waals surface area (Å²) in [4.78, 5) is 14.1. The quantitative estimate of drug-likeness (QED) is 0.730. The van der Waals surface area contributed by atoms with Crippen LogP contribution in [0.1, 0.15) is 31.4 Å². The Morgan fingerprint density at radius 3 is 2.78 bits per heavy atom. The highest BCUT2D eigenvalue weighted by Crippen LogP contribution is 2.23. The van der Waals surface area contributed by atoms with Crippen molar-refractivity contribution in [3.8, 4) is 0 Å². The maximum Gasteiger partial charge on any atom is 0.246 e. The summed E-state index contributed by atoms with van der Waals surface area (Å²) in [6.45, 7) is 7.29. The highest BCUT2D eigenvalue weighted by Gasteiger charge is 2.29. The van der Waals surface area contributed by atoms with Gasteiger partial charge in [0.05, 0.1) is 0 Å². The molecule has 0 spiro atoms. The standard InChI is InChI=1S/C16H21NO/c1-12-5-4-6-15(11-12)7-8-16(18)17-10-9-13(2)14(17)3/h4-8,11,13-14H,9-10H2,1-3H3/b8-7+. The molecule has 2 nitrogen and oxygen atoms in total. The molecule has 0 aliphatic carbocycles. The molecule has 2 heteroatoms.